The van der Waals surface area contributed by atoms with Crippen LogP contribution in [0.1, 0.15) is 0 Å². The first-order valence-corrected chi connectivity index (χ1v) is 5.94. The summed E-state index contributed by atoms with van der Waals surface area (Å²) in [4.78, 5) is 17.4. The largest absolute Gasteiger partial charge is 0.385 e. The van der Waals surface area contributed by atoms with Gasteiger partial charge in [-0.1, -0.05) is 0 Å². The predicted octanol–water partition coefficient (Wildman–Crippen LogP) is -1.30. The molecule has 86 valence electrons. The molecule has 0 aliphatic carbocycles. The molecule has 0 aliphatic rings. The normalized spacial score (nSPS) is 11.8. The van der Waals surface area contributed by atoms with Gasteiger partial charge in [-0.15, -0.1) is 0 Å². The fourth-order valence-electron chi connectivity index (χ4n) is 1.23. The average Bonchev–Trinajstić information content (AvgIpc) is 2.46. The summed E-state index contributed by atoms with van der Waals surface area (Å²) in [6.45, 7) is 0. The number of nitrogen functional groups attached to an aromatic ring is 1. The highest BCUT2D eigenvalue weighted by molar-refractivity contribution is 7.86. The highest BCUT2D eigenvalue weighted by Gasteiger charge is 2.11. The number of nitrogens with one attached hydrogen (secondary N) is 1. The number of fused-ring (bicyclic) bond motifs is 1. The summed E-state index contributed by atoms with van der Waals surface area (Å²) in [5.74, 6) is 0.0938. The molecule has 3 N–H and O–H groups in total. The number of rotatable bonds is 2. The molecule has 0 saturated heterocycles. The molecule has 0 saturated carbocycles. The smallest absolute Gasteiger partial charge is 0.324 e. The molecule has 16 heavy (non-hydrogen) atoms. The SMILES string of the molecule is CS(=O)(=O)On1cnc2c(=O)[nH]c(N)cc21. The second-order valence-electron chi connectivity index (χ2n) is 3.14. The van der Waals surface area contributed by atoms with Crippen LogP contribution in [-0.4, -0.2) is 29.4 Å². The van der Waals surface area contributed by atoms with Gasteiger partial charge in [-0.25, -0.2) is 4.98 Å². The molecule has 0 atom stereocenters. The Morgan fingerprint density at radius 2 is 2.25 bits per heavy atom. The quantitative estimate of drug-likeness (QED) is 0.677. The van der Waals surface area contributed by atoms with Gasteiger partial charge < -0.3 is 10.7 Å². The number of aromatic nitrogens is 3. The Kier molecular flexibility index (Phi) is 2.12. The van der Waals surface area contributed by atoms with Gasteiger partial charge in [0.2, 0.25) is 0 Å². The van der Waals surface area contributed by atoms with E-state index in [1.807, 2.05) is 0 Å². The summed E-state index contributed by atoms with van der Waals surface area (Å²) in [5.41, 5.74) is 5.15. The molecule has 0 radical (unpaired) electrons. The van der Waals surface area contributed by atoms with E-state index in [0.29, 0.717) is 0 Å². The Hall–Kier alpha value is -2.03. The molecule has 0 bridgehead atoms. The van der Waals surface area contributed by atoms with E-state index < -0.39 is 15.7 Å². The minimum atomic E-state index is -3.69. The number of nitrogens with zero attached hydrogens (tertiary/aromatic N) is 2. The number of imidazole rings is 1. The zero-order valence-electron chi connectivity index (χ0n) is 8.17. The zero-order chi connectivity index (χ0) is 11.9. The summed E-state index contributed by atoms with van der Waals surface area (Å²) < 4.78 is 27.3. The van der Waals surface area contributed by atoms with E-state index in [1.54, 1.807) is 0 Å². The lowest BCUT2D eigenvalue weighted by Gasteiger charge is -2.03. The molecule has 0 spiro atoms. The maximum Gasteiger partial charge on any atom is 0.324 e. The molecular formula is C7H8N4O4S. The van der Waals surface area contributed by atoms with Crippen LogP contribution >= 0.6 is 0 Å². The number of anilines is 1. The minimum Gasteiger partial charge on any atom is -0.385 e. The average molecular weight is 244 g/mol. The topological polar surface area (TPSA) is 120 Å². The lowest BCUT2D eigenvalue weighted by Crippen LogP contribution is -2.18. The van der Waals surface area contributed by atoms with E-state index in [-0.39, 0.29) is 16.9 Å². The Labute approximate surface area is 89.7 Å². The van der Waals surface area contributed by atoms with Crippen molar-refractivity contribution in [1.29, 1.82) is 0 Å². The van der Waals surface area contributed by atoms with Crippen molar-refractivity contribution in [3.05, 3.63) is 22.7 Å². The third-order valence-electron chi connectivity index (χ3n) is 1.75. The number of H-pyrrole nitrogens is 1. The predicted molar refractivity (Wildman–Crippen MR) is 56.2 cm³/mol. The lowest BCUT2D eigenvalue weighted by atomic mass is 10.4. The molecule has 0 unspecified atom stereocenters. The lowest BCUT2D eigenvalue weighted by molar-refractivity contribution is 0.294. The number of pyridine rings is 1. The van der Waals surface area contributed by atoms with Crippen molar-refractivity contribution in [3.63, 3.8) is 0 Å². The molecule has 8 nitrogen and oxygen atoms in total. The third kappa shape index (κ3) is 1.84. The highest BCUT2D eigenvalue weighted by Crippen LogP contribution is 2.09. The van der Waals surface area contributed by atoms with Gasteiger partial charge in [0.15, 0.2) is 5.52 Å². The van der Waals surface area contributed by atoms with Gasteiger partial charge in [0.05, 0.1) is 6.26 Å². The van der Waals surface area contributed by atoms with Crippen LogP contribution in [-0.2, 0) is 10.1 Å². The van der Waals surface area contributed by atoms with Crippen molar-refractivity contribution in [2.75, 3.05) is 12.0 Å². The first-order chi connectivity index (χ1) is 7.37. The van der Waals surface area contributed by atoms with Crippen LogP contribution in [0, 0.1) is 0 Å². The standard InChI is InChI=1S/C7H8N4O4S/c1-16(13,14)15-11-3-9-6-4(11)2-5(8)10-7(6)12/h2-3H,1H3,(H3,8,10,12). The summed E-state index contributed by atoms with van der Waals surface area (Å²) in [6, 6.07) is 1.36. The van der Waals surface area contributed by atoms with Crippen molar-refractivity contribution in [1.82, 2.24) is 14.7 Å². The Balaban J connectivity index is 2.70. The van der Waals surface area contributed by atoms with E-state index >= 15 is 0 Å². The van der Waals surface area contributed by atoms with Crippen LogP contribution in [0.25, 0.3) is 11.0 Å². The number of aromatic amines is 1. The van der Waals surface area contributed by atoms with Crippen LogP contribution in [0.2, 0.25) is 0 Å². The Morgan fingerprint density at radius 3 is 2.88 bits per heavy atom. The first kappa shape index (κ1) is 10.5. The van der Waals surface area contributed by atoms with Crippen LogP contribution in [0.15, 0.2) is 17.2 Å². The van der Waals surface area contributed by atoms with E-state index in [4.69, 9.17) is 5.73 Å². The monoisotopic (exact) mass is 244 g/mol. The van der Waals surface area contributed by atoms with Crippen LogP contribution in [0.3, 0.4) is 0 Å². The second-order valence-corrected chi connectivity index (χ2v) is 4.69. The Morgan fingerprint density at radius 1 is 1.56 bits per heavy atom. The van der Waals surface area contributed by atoms with E-state index in [9.17, 15) is 13.2 Å². The molecule has 2 heterocycles. The van der Waals surface area contributed by atoms with Crippen molar-refractivity contribution in [3.8, 4) is 0 Å². The molecule has 0 amide bonds. The van der Waals surface area contributed by atoms with Gasteiger partial charge >= 0.3 is 10.1 Å². The van der Waals surface area contributed by atoms with Crippen molar-refractivity contribution in [2.45, 2.75) is 0 Å². The van der Waals surface area contributed by atoms with Crippen LogP contribution < -0.4 is 15.6 Å². The van der Waals surface area contributed by atoms with Gasteiger partial charge in [-0.3, -0.25) is 9.08 Å². The maximum absolute atomic E-state index is 11.4. The van der Waals surface area contributed by atoms with Gasteiger partial charge in [-0.2, -0.15) is 13.1 Å². The molecule has 9 heteroatoms. The molecule has 0 aliphatic heterocycles. The summed E-state index contributed by atoms with van der Waals surface area (Å²) in [7, 11) is -3.69. The molecule has 2 aromatic rings. The molecule has 2 aromatic heterocycles. The first-order valence-electron chi connectivity index (χ1n) is 4.12. The van der Waals surface area contributed by atoms with Crippen LogP contribution in [0.5, 0.6) is 0 Å². The fraction of sp³-hybridized carbons (Fsp3) is 0.143. The fourth-order valence-corrected chi connectivity index (χ4v) is 1.64. The van der Waals surface area contributed by atoms with Crippen LogP contribution in [0.4, 0.5) is 5.82 Å². The van der Waals surface area contributed by atoms with Crippen molar-refractivity contribution >= 4 is 27.0 Å². The molecule has 0 fully saturated rings. The van der Waals surface area contributed by atoms with Gasteiger partial charge in [-0.05, 0) is 0 Å². The van der Waals surface area contributed by atoms with E-state index in [0.717, 1.165) is 17.3 Å². The van der Waals surface area contributed by atoms with Gasteiger partial charge in [0, 0.05) is 6.07 Å². The number of nitrogens with two attached hydrogens (primary N) is 1. The van der Waals surface area contributed by atoms with E-state index in [2.05, 4.69) is 14.3 Å². The van der Waals surface area contributed by atoms with Gasteiger partial charge in [0.25, 0.3) is 5.56 Å². The summed E-state index contributed by atoms with van der Waals surface area (Å²) in [5, 5.41) is 0. The maximum atomic E-state index is 11.4. The molecule has 2 rings (SSSR count). The van der Waals surface area contributed by atoms with Crippen molar-refractivity contribution < 1.29 is 12.7 Å². The number of hydrogen-bond acceptors (Lipinski definition) is 6. The number of hydrogen-bond donors (Lipinski definition) is 2. The molecular weight excluding hydrogens is 236 g/mol. The summed E-state index contributed by atoms with van der Waals surface area (Å²) in [6.07, 6.45) is 1.97. The minimum absolute atomic E-state index is 0.0536. The van der Waals surface area contributed by atoms with Crippen molar-refractivity contribution in [2.24, 2.45) is 0 Å². The third-order valence-corrected chi connectivity index (χ3v) is 2.18. The molecule has 0 aromatic carbocycles. The van der Waals surface area contributed by atoms with Gasteiger partial charge in [0.1, 0.15) is 17.7 Å². The second kappa shape index (κ2) is 3.23. The van der Waals surface area contributed by atoms with E-state index in [1.165, 1.54) is 6.07 Å². The Bertz CT molecular complexity index is 699. The highest BCUT2D eigenvalue weighted by atomic mass is 32.2. The zero-order valence-corrected chi connectivity index (χ0v) is 8.98. The summed E-state index contributed by atoms with van der Waals surface area (Å²) >= 11 is 0.